The van der Waals surface area contributed by atoms with Gasteiger partial charge in [0.25, 0.3) is 0 Å². The largest absolute Gasteiger partial charge is 0.368 e. The Bertz CT molecular complexity index is 1130. The average molecular weight is 386 g/mol. The molecular formula is C24H27N5. The number of aryl methyl sites for hydroxylation is 3. The van der Waals surface area contributed by atoms with Crippen LogP contribution >= 0.6 is 0 Å². The molecule has 0 fully saturated rings. The Morgan fingerprint density at radius 3 is 2.59 bits per heavy atom. The van der Waals surface area contributed by atoms with Gasteiger partial charge in [0.2, 0.25) is 0 Å². The molecule has 0 radical (unpaired) electrons. The van der Waals surface area contributed by atoms with E-state index in [9.17, 15) is 0 Å². The van der Waals surface area contributed by atoms with Crippen LogP contribution in [0.4, 0.5) is 5.82 Å². The van der Waals surface area contributed by atoms with E-state index in [2.05, 4.69) is 66.7 Å². The number of pyridine rings is 1. The summed E-state index contributed by atoms with van der Waals surface area (Å²) < 4.78 is 2.03. The molecule has 1 unspecified atom stereocenters. The number of imidazole rings is 1. The van der Waals surface area contributed by atoms with Crippen molar-refractivity contribution < 1.29 is 0 Å². The lowest BCUT2D eigenvalue weighted by atomic mass is 9.96. The summed E-state index contributed by atoms with van der Waals surface area (Å²) >= 11 is 0. The molecule has 4 rings (SSSR count). The fourth-order valence-electron chi connectivity index (χ4n) is 3.80. The lowest BCUT2D eigenvalue weighted by Crippen LogP contribution is -2.15. The summed E-state index contributed by atoms with van der Waals surface area (Å²) in [6.07, 6.45) is 6.93. The molecule has 0 aliphatic carbocycles. The Morgan fingerprint density at radius 2 is 1.83 bits per heavy atom. The number of nitrogens with one attached hydrogen (secondary N) is 1. The zero-order valence-corrected chi connectivity index (χ0v) is 17.5. The number of hydrogen-bond donors (Lipinski definition) is 1. The van der Waals surface area contributed by atoms with Crippen molar-refractivity contribution in [1.82, 2.24) is 19.4 Å². The summed E-state index contributed by atoms with van der Waals surface area (Å²) in [7, 11) is 0. The van der Waals surface area contributed by atoms with Gasteiger partial charge in [-0.05, 0) is 44.4 Å². The van der Waals surface area contributed by atoms with Gasteiger partial charge in [-0.1, -0.05) is 37.3 Å². The summed E-state index contributed by atoms with van der Waals surface area (Å²) in [6.45, 7) is 9.19. The second kappa shape index (κ2) is 8.03. The summed E-state index contributed by atoms with van der Waals surface area (Å²) in [6, 6.07) is 12.7. The van der Waals surface area contributed by atoms with Crippen LogP contribution in [-0.4, -0.2) is 25.9 Å². The molecule has 29 heavy (non-hydrogen) atoms. The maximum Gasteiger partial charge on any atom is 0.148 e. The van der Waals surface area contributed by atoms with Crippen LogP contribution < -0.4 is 5.32 Å². The van der Waals surface area contributed by atoms with Gasteiger partial charge in [-0.25, -0.2) is 9.97 Å². The number of aromatic nitrogens is 4. The Balaban J connectivity index is 1.65. The van der Waals surface area contributed by atoms with Gasteiger partial charge in [0.1, 0.15) is 11.5 Å². The smallest absolute Gasteiger partial charge is 0.148 e. The maximum atomic E-state index is 4.99. The highest BCUT2D eigenvalue weighted by Gasteiger charge is 2.15. The molecule has 5 heteroatoms. The number of nitrogens with zero attached hydrogens (tertiary/aromatic N) is 4. The number of rotatable bonds is 6. The van der Waals surface area contributed by atoms with Crippen molar-refractivity contribution >= 4 is 11.5 Å². The number of fused-ring (bicyclic) bond motifs is 1. The van der Waals surface area contributed by atoms with Gasteiger partial charge < -0.3 is 9.72 Å². The minimum absolute atomic E-state index is 0.436. The van der Waals surface area contributed by atoms with Crippen LogP contribution in [0.1, 0.15) is 41.8 Å². The van der Waals surface area contributed by atoms with Crippen molar-refractivity contribution in [2.24, 2.45) is 0 Å². The highest BCUT2D eigenvalue weighted by molar-refractivity contribution is 5.69. The third-order valence-corrected chi connectivity index (χ3v) is 5.52. The van der Waals surface area contributed by atoms with E-state index in [-0.39, 0.29) is 0 Å². The van der Waals surface area contributed by atoms with E-state index in [0.29, 0.717) is 5.92 Å². The fourth-order valence-corrected chi connectivity index (χ4v) is 3.80. The molecule has 0 saturated carbocycles. The minimum Gasteiger partial charge on any atom is -0.368 e. The molecule has 4 aromatic rings. The first kappa shape index (κ1) is 19.1. The highest BCUT2D eigenvalue weighted by atomic mass is 15.0. The number of hydrogen-bond acceptors (Lipinski definition) is 4. The molecule has 0 bridgehead atoms. The predicted octanol–water partition coefficient (Wildman–Crippen LogP) is 5.32. The van der Waals surface area contributed by atoms with Crippen molar-refractivity contribution in [2.45, 2.75) is 40.0 Å². The van der Waals surface area contributed by atoms with Crippen LogP contribution in [0.25, 0.3) is 16.9 Å². The van der Waals surface area contributed by atoms with Crippen molar-refractivity contribution in [3.63, 3.8) is 0 Å². The van der Waals surface area contributed by atoms with Gasteiger partial charge in [0.05, 0.1) is 17.1 Å². The molecule has 3 heterocycles. The zero-order valence-electron chi connectivity index (χ0n) is 17.5. The fraction of sp³-hybridized carbons (Fsp3) is 0.292. The van der Waals surface area contributed by atoms with Crippen LogP contribution in [0.3, 0.4) is 0 Å². The number of anilines is 1. The van der Waals surface area contributed by atoms with Crippen LogP contribution in [0.5, 0.6) is 0 Å². The third kappa shape index (κ3) is 3.86. The van der Waals surface area contributed by atoms with Crippen LogP contribution in [0, 0.1) is 20.8 Å². The van der Waals surface area contributed by atoms with Gasteiger partial charge in [-0.15, -0.1) is 0 Å². The Kier molecular flexibility index (Phi) is 5.30. The highest BCUT2D eigenvalue weighted by Crippen LogP contribution is 2.28. The van der Waals surface area contributed by atoms with Gasteiger partial charge in [-0.3, -0.25) is 4.98 Å². The van der Waals surface area contributed by atoms with Gasteiger partial charge in [0.15, 0.2) is 0 Å². The van der Waals surface area contributed by atoms with Gasteiger partial charge >= 0.3 is 0 Å². The van der Waals surface area contributed by atoms with E-state index in [1.807, 2.05) is 30.6 Å². The molecule has 0 spiro atoms. The first-order chi connectivity index (χ1) is 14.1. The number of benzene rings is 1. The molecule has 0 aliphatic rings. The van der Waals surface area contributed by atoms with E-state index < -0.39 is 0 Å². The standard InChI is InChI=1S/C24H27N5/c1-5-19(20-9-7-6-8-10-20)14-26-24-18(4)27-17(3)23(28-24)21-15-29-12-11-25-22(29)13-16(21)2/h6-13,15,19H,5,14H2,1-4H3,(H,26,28). The van der Waals surface area contributed by atoms with E-state index in [0.717, 1.165) is 52.6 Å². The Morgan fingerprint density at radius 1 is 1.03 bits per heavy atom. The predicted molar refractivity (Wildman–Crippen MR) is 118 cm³/mol. The SMILES string of the molecule is CCC(CNc1nc(-c2cn3ccnc3cc2C)c(C)nc1C)c1ccccc1. The maximum absolute atomic E-state index is 4.99. The summed E-state index contributed by atoms with van der Waals surface area (Å²) in [5.74, 6) is 1.29. The minimum atomic E-state index is 0.436. The Labute approximate surface area is 171 Å². The quantitative estimate of drug-likeness (QED) is 0.488. The zero-order chi connectivity index (χ0) is 20.4. The molecular weight excluding hydrogens is 358 g/mol. The third-order valence-electron chi connectivity index (χ3n) is 5.52. The molecule has 0 amide bonds. The topological polar surface area (TPSA) is 55.1 Å². The molecule has 0 saturated heterocycles. The lowest BCUT2D eigenvalue weighted by Gasteiger charge is -2.18. The lowest BCUT2D eigenvalue weighted by molar-refractivity contribution is 0.692. The molecule has 3 aromatic heterocycles. The Hall–Kier alpha value is -3.21. The molecule has 1 aromatic carbocycles. The summed E-state index contributed by atoms with van der Waals surface area (Å²) in [5, 5.41) is 3.56. The van der Waals surface area contributed by atoms with Gasteiger partial charge in [-0.2, -0.15) is 0 Å². The normalized spacial score (nSPS) is 12.3. The van der Waals surface area contributed by atoms with E-state index >= 15 is 0 Å². The second-order valence-electron chi connectivity index (χ2n) is 7.55. The molecule has 5 nitrogen and oxygen atoms in total. The molecule has 1 atom stereocenters. The van der Waals surface area contributed by atoms with E-state index in [1.165, 1.54) is 5.56 Å². The first-order valence-corrected chi connectivity index (χ1v) is 10.1. The molecule has 0 aliphatic heterocycles. The van der Waals surface area contributed by atoms with Crippen LogP contribution in [0.15, 0.2) is 55.0 Å². The van der Waals surface area contributed by atoms with Crippen molar-refractivity contribution in [3.05, 3.63) is 77.5 Å². The van der Waals surface area contributed by atoms with E-state index in [4.69, 9.17) is 9.97 Å². The van der Waals surface area contributed by atoms with Gasteiger partial charge in [0, 0.05) is 36.6 Å². The van der Waals surface area contributed by atoms with Crippen LogP contribution in [0.2, 0.25) is 0 Å². The van der Waals surface area contributed by atoms with Crippen molar-refractivity contribution in [3.8, 4) is 11.3 Å². The van der Waals surface area contributed by atoms with Crippen molar-refractivity contribution in [2.75, 3.05) is 11.9 Å². The monoisotopic (exact) mass is 385 g/mol. The van der Waals surface area contributed by atoms with E-state index in [1.54, 1.807) is 0 Å². The van der Waals surface area contributed by atoms with Crippen molar-refractivity contribution in [1.29, 1.82) is 0 Å². The average Bonchev–Trinajstić information content (AvgIpc) is 3.17. The molecule has 1 N–H and O–H groups in total. The van der Waals surface area contributed by atoms with Crippen LogP contribution in [-0.2, 0) is 0 Å². The molecule has 148 valence electrons. The summed E-state index contributed by atoms with van der Waals surface area (Å²) in [4.78, 5) is 14.1. The second-order valence-corrected chi connectivity index (χ2v) is 7.55. The first-order valence-electron chi connectivity index (χ1n) is 10.1. The summed E-state index contributed by atoms with van der Waals surface area (Å²) in [5.41, 5.74) is 7.29.